The highest BCUT2D eigenvalue weighted by molar-refractivity contribution is 5.63. The van der Waals surface area contributed by atoms with E-state index in [9.17, 15) is 0 Å². The molecule has 2 fully saturated rings. The van der Waals surface area contributed by atoms with Crippen molar-refractivity contribution >= 4 is 5.95 Å². The molecule has 31 heavy (non-hydrogen) atoms. The number of aromatic nitrogens is 4. The number of anilines is 1. The first-order valence-electron chi connectivity index (χ1n) is 11.7. The second-order valence-corrected chi connectivity index (χ2v) is 9.04. The Balaban J connectivity index is 1.31. The fourth-order valence-corrected chi connectivity index (χ4v) is 5.11. The van der Waals surface area contributed by atoms with Gasteiger partial charge in [-0.25, -0.2) is 9.97 Å². The molecule has 2 aliphatic heterocycles. The van der Waals surface area contributed by atoms with E-state index in [1.807, 2.05) is 18.5 Å². The average molecular weight is 417 g/mol. The van der Waals surface area contributed by atoms with Gasteiger partial charge in [-0.3, -0.25) is 5.10 Å². The summed E-state index contributed by atoms with van der Waals surface area (Å²) in [6.45, 7) is 7.77. The van der Waals surface area contributed by atoms with Crippen molar-refractivity contribution in [3.05, 3.63) is 60.0 Å². The Kier molecular flexibility index (Phi) is 5.98. The molecule has 0 spiro atoms. The van der Waals surface area contributed by atoms with Gasteiger partial charge in [0.1, 0.15) is 0 Å². The van der Waals surface area contributed by atoms with Crippen LogP contribution in [0.2, 0.25) is 0 Å². The van der Waals surface area contributed by atoms with Gasteiger partial charge in [0.15, 0.2) is 0 Å². The number of H-pyrrole nitrogens is 1. The van der Waals surface area contributed by atoms with E-state index in [0.717, 1.165) is 43.4 Å². The normalized spacial score (nSPS) is 20.8. The van der Waals surface area contributed by atoms with E-state index >= 15 is 0 Å². The van der Waals surface area contributed by atoms with Crippen molar-refractivity contribution in [3.63, 3.8) is 0 Å². The summed E-state index contributed by atoms with van der Waals surface area (Å²) in [5.41, 5.74) is 4.76. The molecule has 0 saturated carbocycles. The van der Waals surface area contributed by atoms with Crippen LogP contribution in [0.3, 0.4) is 0 Å². The molecule has 4 heterocycles. The number of piperidine rings is 1. The molecule has 1 aromatic carbocycles. The summed E-state index contributed by atoms with van der Waals surface area (Å²) >= 11 is 0. The molecular formula is C25H32N6. The number of aromatic amines is 1. The molecule has 1 N–H and O–H groups in total. The topological polar surface area (TPSA) is 60.9 Å². The third-order valence-electron chi connectivity index (χ3n) is 6.79. The van der Waals surface area contributed by atoms with Crippen molar-refractivity contribution in [2.45, 2.75) is 44.4 Å². The molecule has 3 aromatic rings. The molecule has 6 nitrogen and oxygen atoms in total. The maximum Gasteiger partial charge on any atom is 0.225 e. The molecule has 0 unspecified atom stereocenters. The van der Waals surface area contributed by atoms with Crippen LogP contribution in [0.1, 0.15) is 55.7 Å². The zero-order valence-corrected chi connectivity index (χ0v) is 18.4. The van der Waals surface area contributed by atoms with Crippen molar-refractivity contribution in [3.8, 4) is 11.3 Å². The summed E-state index contributed by atoms with van der Waals surface area (Å²) < 4.78 is 0. The molecule has 2 atom stereocenters. The first-order chi connectivity index (χ1) is 15.3. The fourth-order valence-electron chi connectivity index (χ4n) is 5.11. The van der Waals surface area contributed by atoms with Crippen LogP contribution in [-0.2, 0) is 0 Å². The maximum absolute atomic E-state index is 4.90. The lowest BCUT2D eigenvalue weighted by atomic mass is 9.90. The van der Waals surface area contributed by atoms with E-state index in [-0.39, 0.29) is 0 Å². The van der Waals surface area contributed by atoms with Crippen LogP contribution in [0.4, 0.5) is 5.95 Å². The predicted molar refractivity (Wildman–Crippen MR) is 124 cm³/mol. The van der Waals surface area contributed by atoms with Crippen molar-refractivity contribution < 1.29 is 0 Å². The third kappa shape index (κ3) is 4.49. The summed E-state index contributed by atoms with van der Waals surface area (Å²) in [7, 11) is 0. The number of hydrogen-bond donors (Lipinski definition) is 1. The van der Waals surface area contributed by atoms with E-state index in [2.05, 4.69) is 62.2 Å². The summed E-state index contributed by atoms with van der Waals surface area (Å²) in [6.07, 6.45) is 8.69. The van der Waals surface area contributed by atoms with Gasteiger partial charge in [-0.05, 0) is 49.8 Å². The summed E-state index contributed by atoms with van der Waals surface area (Å²) in [4.78, 5) is 14.3. The minimum Gasteiger partial charge on any atom is -0.341 e. The smallest absolute Gasteiger partial charge is 0.225 e. The lowest BCUT2D eigenvalue weighted by Gasteiger charge is -2.34. The lowest BCUT2D eigenvalue weighted by molar-refractivity contribution is 0.197. The Bertz CT molecular complexity index is 978. The molecule has 2 aliphatic rings. The first kappa shape index (κ1) is 20.2. The van der Waals surface area contributed by atoms with E-state index in [4.69, 9.17) is 4.98 Å². The second kappa shape index (κ2) is 9.18. The molecule has 162 valence electrons. The summed E-state index contributed by atoms with van der Waals surface area (Å²) in [6, 6.07) is 12.9. The number of benzene rings is 1. The van der Waals surface area contributed by atoms with Crippen LogP contribution < -0.4 is 4.90 Å². The van der Waals surface area contributed by atoms with Crippen LogP contribution in [0, 0.1) is 0 Å². The first-order valence-corrected chi connectivity index (χ1v) is 11.7. The number of hydrogen-bond acceptors (Lipinski definition) is 5. The molecule has 5 rings (SSSR count). The fraction of sp³-hybridized carbons (Fsp3) is 0.480. The SMILES string of the molecule is C[C@@H](CN1CCC[C@@H](c2[nH]ncc2-c2ccnc(N3CCCC3)n2)C1)c1ccccc1. The van der Waals surface area contributed by atoms with Crippen molar-refractivity contribution in [1.29, 1.82) is 0 Å². The van der Waals surface area contributed by atoms with Crippen LogP contribution in [0.25, 0.3) is 11.3 Å². The minimum atomic E-state index is 0.458. The Hall–Kier alpha value is -2.73. The van der Waals surface area contributed by atoms with Gasteiger partial charge in [0, 0.05) is 49.6 Å². The Labute approximate surface area is 184 Å². The monoisotopic (exact) mass is 416 g/mol. The predicted octanol–water partition coefficient (Wildman–Crippen LogP) is 4.45. The molecule has 2 saturated heterocycles. The van der Waals surface area contributed by atoms with E-state index in [0.29, 0.717) is 11.8 Å². The largest absolute Gasteiger partial charge is 0.341 e. The molecule has 0 aliphatic carbocycles. The number of nitrogens with one attached hydrogen (secondary N) is 1. The summed E-state index contributed by atoms with van der Waals surface area (Å²) in [5, 5.41) is 7.73. The van der Waals surface area contributed by atoms with Crippen LogP contribution >= 0.6 is 0 Å². The van der Waals surface area contributed by atoms with Crippen LogP contribution in [-0.4, -0.2) is 57.8 Å². The average Bonchev–Trinajstić information content (AvgIpc) is 3.52. The number of likely N-dealkylation sites (tertiary alicyclic amines) is 1. The Morgan fingerprint density at radius 3 is 2.74 bits per heavy atom. The highest BCUT2D eigenvalue weighted by Gasteiger charge is 2.27. The van der Waals surface area contributed by atoms with Gasteiger partial charge in [0.2, 0.25) is 5.95 Å². The van der Waals surface area contributed by atoms with Gasteiger partial charge < -0.3 is 9.80 Å². The van der Waals surface area contributed by atoms with Crippen LogP contribution in [0.15, 0.2) is 48.8 Å². The van der Waals surface area contributed by atoms with E-state index in [1.54, 1.807) is 0 Å². The maximum atomic E-state index is 4.90. The van der Waals surface area contributed by atoms with E-state index < -0.39 is 0 Å². The number of rotatable bonds is 6. The quantitative estimate of drug-likeness (QED) is 0.643. The van der Waals surface area contributed by atoms with Crippen molar-refractivity contribution in [2.24, 2.45) is 0 Å². The lowest BCUT2D eigenvalue weighted by Crippen LogP contribution is -2.37. The molecule has 2 aromatic heterocycles. The minimum absolute atomic E-state index is 0.458. The van der Waals surface area contributed by atoms with Gasteiger partial charge in [-0.15, -0.1) is 0 Å². The Morgan fingerprint density at radius 1 is 1.06 bits per heavy atom. The van der Waals surface area contributed by atoms with Gasteiger partial charge in [-0.2, -0.15) is 5.10 Å². The molecule has 6 heteroatoms. The van der Waals surface area contributed by atoms with Gasteiger partial charge in [0.25, 0.3) is 0 Å². The third-order valence-corrected chi connectivity index (χ3v) is 6.79. The molecule has 0 radical (unpaired) electrons. The second-order valence-electron chi connectivity index (χ2n) is 9.04. The van der Waals surface area contributed by atoms with Crippen molar-refractivity contribution in [1.82, 2.24) is 25.1 Å². The highest BCUT2D eigenvalue weighted by Crippen LogP contribution is 2.33. The Morgan fingerprint density at radius 2 is 1.90 bits per heavy atom. The van der Waals surface area contributed by atoms with Gasteiger partial charge >= 0.3 is 0 Å². The molecule has 0 amide bonds. The van der Waals surface area contributed by atoms with E-state index in [1.165, 1.54) is 43.5 Å². The van der Waals surface area contributed by atoms with Gasteiger partial charge in [-0.1, -0.05) is 37.3 Å². The standard InChI is InChI=1S/C25H32N6/c1-19(20-8-3-2-4-9-20)17-30-13-7-10-21(18-30)24-22(16-27-29-24)23-11-12-26-25(28-23)31-14-5-6-15-31/h2-4,8-9,11-12,16,19,21H,5-7,10,13-15,17-18H2,1H3,(H,27,29)/t19-,21+/m0/s1. The molecular weight excluding hydrogens is 384 g/mol. The van der Waals surface area contributed by atoms with Crippen LogP contribution in [0.5, 0.6) is 0 Å². The zero-order chi connectivity index (χ0) is 21.0. The van der Waals surface area contributed by atoms with Gasteiger partial charge in [0.05, 0.1) is 11.9 Å². The molecule has 0 bridgehead atoms. The highest BCUT2D eigenvalue weighted by atomic mass is 15.3. The summed E-state index contributed by atoms with van der Waals surface area (Å²) in [5.74, 6) is 1.84. The van der Waals surface area contributed by atoms with Crippen molar-refractivity contribution in [2.75, 3.05) is 37.6 Å². The number of nitrogens with zero attached hydrogens (tertiary/aromatic N) is 5. The zero-order valence-electron chi connectivity index (χ0n) is 18.4.